The molecule has 3 rings (SSSR count). The first kappa shape index (κ1) is 16.5. The van der Waals surface area contributed by atoms with Crippen LogP contribution in [0.3, 0.4) is 0 Å². The Morgan fingerprint density at radius 1 is 1.12 bits per heavy atom. The zero-order valence-corrected chi connectivity index (χ0v) is 14.0. The number of oxazole rings is 2. The third-order valence-electron chi connectivity index (χ3n) is 4.69. The van der Waals surface area contributed by atoms with E-state index in [2.05, 4.69) is 22.2 Å². The molecule has 1 aliphatic carbocycles. The van der Waals surface area contributed by atoms with Gasteiger partial charge >= 0.3 is 6.03 Å². The molecular formula is C17H24N4O3. The van der Waals surface area contributed by atoms with Gasteiger partial charge in [0.2, 0.25) is 0 Å². The normalized spacial score (nSPS) is 16.7. The summed E-state index contributed by atoms with van der Waals surface area (Å²) in [6.45, 7) is 3.68. The molecule has 7 nitrogen and oxygen atoms in total. The maximum absolute atomic E-state index is 12.7. The van der Waals surface area contributed by atoms with Crippen molar-refractivity contribution in [3.8, 4) is 0 Å². The number of amides is 2. The lowest BCUT2D eigenvalue weighted by Crippen LogP contribution is -2.44. The van der Waals surface area contributed by atoms with Crippen molar-refractivity contribution in [2.75, 3.05) is 6.54 Å². The van der Waals surface area contributed by atoms with E-state index in [9.17, 15) is 4.79 Å². The van der Waals surface area contributed by atoms with Crippen molar-refractivity contribution < 1.29 is 13.6 Å². The Hall–Kier alpha value is -2.31. The van der Waals surface area contributed by atoms with Crippen molar-refractivity contribution in [3.63, 3.8) is 0 Å². The molecule has 7 heteroatoms. The van der Waals surface area contributed by atoms with E-state index in [1.807, 2.05) is 0 Å². The SMILES string of the molecule is CC1(CNC(=O)N(Cc2cocn2)Cc2cocn2)CCCCC1. The Labute approximate surface area is 141 Å². The number of nitrogens with one attached hydrogen (secondary N) is 1. The second-order valence-electron chi connectivity index (χ2n) is 6.85. The Morgan fingerprint density at radius 3 is 2.21 bits per heavy atom. The maximum Gasteiger partial charge on any atom is 0.318 e. The molecule has 0 bridgehead atoms. The van der Waals surface area contributed by atoms with Crippen molar-refractivity contribution in [1.82, 2.24) is 20.2 Å². The minimum absolute atomic E-state index is 0.118. The summed E-state index contributed by atoms with van der Waals surface area (Å²) in [4.78, 5) is 22.5. The van der Waals surface area contributed by atoms with E-state index in [0.717, 1.165) is 0 Å². The molecule has 0 atom stereocenters. The maximum atomic E-state index is 12.7. The van der Waals surface area contributed by atoms with Crippen LogP contribution in [0.4, 0.5) is 4.79 Å². The van der Waals surface area contributed by atoms with E-state index < -0.39 is 0 Å². The van der Waals surface area contributed by atoms with E-state index in [1.54, 1.807) is 17.4 Å². The molecule has 2 amide bonds. The van der Waals surface area contributed by atoms with Crippen molar-refractivity contribution >= 4 is 6.03 Å². The molecule has 0 unspecified atom stereocenters. The second-order valence-corrected chi connectivity index (χ2v) is 6.85. The third-order valence-corrected chi connectivity index (χ3v) is 4.69. The molecule has 2 aromatic heterocycles. The first-order valence-electron chi connectivity index (χ1n) is 8.42. The van der Waals surface area contributed by atoms with Crippen LogP contribution in [0.25, 0.3) is 0 Å². The fourth-order valence-corrected chi connectivity index (χ4v) is 3.20. The number of hydrogen-bond donors (Lipinski definition) is 1. The Kier molecular flexibility index (Phi) is 5.17. The van der Waals surface area contributed by atoms with Crippen LogP contribution in [0.1, 0.15) is 50.4 Å². The largest absolute Gasteiger partial charge is 0.451 e. The summed E-state index contributed by atoms with van der Waals surface area (Å²) in [7, 11) is 0. The molecule has 1 N–H and O–H groups in total. The Balaban J connectivity index is 1.61. The van der Waals surface area contributed by atoms with Crippen molar-refractivity contribution in [3.05, 3.63) is 36.7 Å². The van der Waals surface area contributed by atoms with Gasteiger partial charge in [-0.2, -0.15) is 0 Å². The summed E-state index contributed by atoms with van der Waals surface area (Å²) >= 11 is 0. The van der Waals surface area contributed by atoms with Crippen LogP contribution in [0, 0.1) is 5.41 Å². The van der Waals surface area contributed by atoms with Crippen molar-refractivity contribution in [1.29, 1.82) is 0 Å². The van der Waals surface area contributed by atoms with Crippen LogP contribution in [-0.2, 0) is 13.1 Å². The minimum atomic E-state index is -0.118. The van der Waals surface area contributed by atoms with Crippen molar-refractivity contribution in [2.24, 2.45) is 5.41 Å². The first-order chi connectivity index (χ1) is 11.6. The quantitative estimate of drug-likeness (QED) is 0.877. The van der Waals surface area contributed by atoms with Crippen LogP contribution in [0.2, 0.25) is 0 Å². The van der Waals surface area contributed by atoms with Gasteiger partial charge in [0.1, 0.15) is 12.5 Å². The molecule has 2 heterocycles. The van der Waals surface area contributed by atoms with Gasteiger partial charge in [0.05, 0.1) is 24.5 Å². The second kappa shape index (κ2) is 7.51. The van der Waals surface area contributed by atoms with E-state index in [0.29, 0.717) is 31.0 Å². The summed E-state index contributed by atoms with van der Waals surface area (Å²) in [5.74, 6) is 0. The number of carbonyl (C=O) groups is 1. The number of hydrogen-bond acceptors (Lipinski definition) is 5. The molecule has 0 spiro atoms. The first-order valence-corrected chi connectivity index (χ1v) is 8.42. The molecule has 1 aliphatic rings. The van der Waals surface area contributed by atoms with E-state index in [4.69, 9.17) is 8.83 Å². The van der Waals surface area contributed by atoms with Gasteiger partial charge in [0, 0.05) is 6.54 Å². The molecule has 0 radical (unpaired) electrons. The average Bonchev–Trinajstić information content (AvgIpc) is 3.27. The summed E-state index contributed by atoms with van der Waals surface area (Å²) in [5.41, 5.74) is 1.61. The van der Waals surface area contributed by atoms with Gasteiger partial charge in [-0.05, 0) is 18.3 Å². The molecular weight excluding hydrogens is 308 g/mol. The monoisotopic (exact) mass is 332 g/mol. The van der Waals surface area contributed by atoms with Gasteiger partial charge in [-0.1, -0.05) is 26.2 Å². The zero-order valence-electron chi connectivity index (χ0n) is 14.0. The van der Waals surface area contributed by atoms with Crippen LogP contribution in [0.15, 0.2) is 34.1 Å². The number of carbonyl (C=O) groups excluding carboxylic acids is 1. The summed E-state index contributed by atoms with van der Waals surface area (Å²) in [6.07, 6.45) is 11.9. The lowest BCUT2D eigenvalue weighted by Gasteiger charge is -2.34. The van der Waals surface area contributed by atoms with Gasteiger partial charge < -0.3 is 19.1 Å². The Bertz CT molecular complexity index is 582. The van der Waals surface area contributed by atoms with Crippen LogP contribution in [-0.4, -0.2) is 27.4 Å². The van der Waals surface area contributed by atoms with E-state index in [1.165, 1.54) is 44.9 Å². The summed E-state index contributed by atoms with van der Waals surface area (Å²) < 4.78 is 10.00. The number of urea groups is 1. The minimum Gasteiger partial charge on any atom is -0.451 e. The highest BCUT2D eigenvalue weighted by Gasteiger charge is 2.28. The van der Waals surface area contributed by atoms with Crippen molar-refractivity contribution in [2.45, 2.75) is 52.1 Å². The average molecular weight is 332 g/mol. The molecule has 2 aromatic rings. The van der Waals surface area contributed by atoms with Crippen LogP contribution < -0.4 is 5.32 Å². The fourth-order valence-electron chi connectivity index (χ4n) is 3.20. The summed E-state index contributed by atoms with van der Waals surface area (Å²) in [6, 6.07) is -0.118. The molecule has 24 heavy (non-hydrogen) atoms. The Morgan fingerprint density at radius 2 is 1.71 bits per heavy atom. The zero-order chi connectivity index (χ0) is 16.8. The van der Waals surface area contributed by atoms with Crippen LogP contribution in [0.5, 0.6) is 0 Å². The van der Waals surface area contributed by atoms with Gasteiger partial charge in [-0.15, -0.1) is 0 Å². The highest BCUT2D eigenvalue weighted by Crippen LogP contribution is 2.34. The predicted molar refractivity (Wildman–Crippen MR) is 86.8 cm³/mol. The lowest BCUT2D eigenvalue weighted by atomic mass is 9.76. The molecule has 130 valence electrons. The highest BCUT2D eigenvalue weighted by molar-refractivity contribution is 5.74. The van der Waals surface area contributed by atoms with E-state index >= 15 is 0 Å². The number of aromatic nitrogens is 2. The topological polar surface area (TPSA) is 84.4 Å². The predicted octanol–water partition coefficient (Wildman–Crippen LogP) is 3.34. The van der Waals surface area contributed by atoms with Gasteiger partial charge in [0.25, 0.3) is 0 Å². The van der Waals surface area contributed by atoms with Crippen LogP contribution >= 0.6 is 0 Å². The number of nitrogens with zero attached hydrogens (tertiary/aromatic N) is 3. The smallest absolute Gasteiger partial charge is 0.318 e. The van der Waals surface area contributed by atoms with E-state index in [-0.39, 0.29) is 11.4 Å². The third kappa shape index (κ3) is 4.37. The highest BCUT2D eigenvalue weighted by atomic mass is 16.3. The van der Waals surface area contributed by atoms with Gasteiger partial charge in [-0.3, -0.25) is 0 Å². The summed E-state index contributed by atoms with van der Waals surface area (Å²) in [5, 5.41) is 3.09. The fraction of sp³-hybridized carbons (Fsp3) is 0.588. The molecule has 0 saturated heterocycles. The molecule has 1 fully saturated rings. The molecule has 1 saturated carbocycles. The lowest BCUT2D eigenvalue weighted by molar-refractivity contribution is 0.170. The molecule has 0 aliphatic heterocycles. The molecule has 0 aromatic carbocycles. The number of rotatable bonds is 6. The van der Waals surface area contributed by atoms with Gasteiger partial charge in [-0.25, -0.2) is 14.8 Å². The van der Waals surface area contributed by atoms with Gasteiger partial charge in [0.15, 0.2) is 12.8 Å². The standard InChI is InChI=1S/C17H24N4O3/c1-17(5-3-2-4-6-17)11-18-16(22)21(7-14-9-23-12-19-14)8-15-10-24-13-20-15/h9-10,12-13H,2-8,11H2,1H3,(H,18,22).